The molecule has 23 heavy (non-hydrogen) atoms. The van der Waals surface area contributed by atoms with Gasteiger partial charge in [-0.05, 0) is 36.5 Å². The predicted molar refractivity (Wildman–Crippen MR) is 61.1 cm³/mol. The van der Waals surface area contributed by atoms with Crippen LogP contribution in [0.25, 0.3) is 0 Å². The molecule has 0 amide bonds. The van der Waals surface area contributed by atoms with Gasteiger partial charge in [-0.2, -0.15) is 39.5 Å². The molecule has 0 radical (unpaired) electrons. The molecule has 0 aromatic heterocycles. The predicted octanol–water partition coefficient (Wildman–Crippen LogP) is 5.15. The van der Waals surface area contributed by atoms with E-state index in [1.807, 2.05) is 0 Å². The van der Waals surface area contributed by atoms with E-state index >= 15 is 0 Å². The minimum absolute atomic E-state index is 0.0705. The van der Waals surface area contributed by atoms with Gasteiger partial charge in [0.2, 0.25) is 0 Å². The van der Waals surface area contributed by atoms with Gasteiger partial charge in [-0.25, -0.2) is 0 Å². The van der Waals surface area contributed by atoms with Crippen molar-refractivity contribution in [2.75, 3.05) is 0 Å². The monoisotopic (exact) mass is 351 g/mol. The molecule has 0 aliphatic heterocycles. The number of nitrogens with two attached hydrogens (primary N) is 1. The Labute approximate surface area is 124 Å². The van der Waals surface area contributed by atoms with Crippen LogP contribution in [0.15, 0.2) is 12.1 Å². The summed E-state index contributed by atoms with van der Waals surface area (Å²) in [5.74, 6) is -0.555. The first kappa shape index (κ1) is 17.9. The molecular weight excluding hydrogens is 341 g/mol. The maximum atomic E-state index is 13.1. The Morgan fingerprint density at radius 2 is 1.35 bits per heavy atom. The lowest BCUT2D eigenvalue weighted by Crippen LogP contribution is -2.25. The zero-order chi connectivity index (χ0) is 17.8. The summed E-state index contributed by atoms with van der Waals surface area (Å²) in [7, 11) is 0. The average Bonchev–Trinajstić information content (AvgIpc) is 3.17. The van der Waals surface area contributed by atoms with Crippen molar-refractivity contribution in [3.63, 3.8) is 0 Å². The van der Waals surface area contributed by atoms with Gasteiger partial charge in [-0.15, -0.1) is 0 Å². The first-order valence-corrected chi connectivity index (χ1v) is 6.38. The molecular formula is C13H10F9N. The molecule has 1 aliphatic rings. The molecule has 2 N–H and O–H groups in total. The largest absolute Gasteiger partial charge is 0.417 e. The van der Waals surface area contributed by atoms with E-state index in [4.69, 9.17) is 5.73 Å². The summed E-state index contributed by atoms with van der Waals surface area (Å²) in [6.45, 7) is 0. The molecule has 130 valence electrons. The molecule has 1 aliphatic carbocycles. The highest BCUT2D eigenvalue weighted by Crippen LogP contribution is 2.49. The van der Waals surface area contributed by atoms with Crippen molar-refractivity contribution in [1.29, 1.82) is 0 Å². The van der Waals surface area contributed by atoms with Crippen LogP contribution in [-0.4, -0.2) is 0 Å². The lowest BCUT2D eigenvalue weighted by atomic mass is 9.90. The van der Waals surface area contributed by atoms with Gasteiger partial charge in [-0.1, -0.05) is 0 Å². The molecule has 0 saturated heterocycles. The smallest absolute Gasteiger partial charge is 0.324 e. The van der Waals surface area contributed by atoms with Crippen molar-refractivity contribution in [3.8, 4) is 0 Å². The fourth-order valence-corrected chi connectivity index (χ4v) is 2.34. The Hall–Kier alpha value is -1.45. The highest BCUT2D eigenvalue weighted by Gasteiger charge is 2.49. The molecule has 1 nitrogen and oxygen atoms in total. The highest BCUT2D eigenvalue weighted by atomic mass is 19.4. The quantitative estimate of drug-likeness (QED) is 0.733. The van der Waals surface area contributed by atoms with Crippen molar-refractivity contribution < 1.29 is 39.5 Å². The standard InChI is InChI=1S/C13H10F9N/c14-11(15,16)6-3-7(10(23)5-1-2-5)9(13(20,21)22)8(4-6)12(17,18)19/h3-5,10H,1-2,23H2. The summed E-state index contributed by atoms with van der Waals surface area (Å²) in [6.07, 6.45) is -15.6. The van der Waals surface area contributed by atoms with Gasteiger partial charge >= 0.3 is 18.5 Å². The summed E-state index contributed by atoms with van der Waals surface area (Å²) in [6, 6.07) is -1.98. The van der Waals surface area contributed by atoms with Crippen LogP contribution >= 0.6 is 0 Å². The van der Waals surface area contributed by atoms with Crippen molar-refractivity contribution in [3.05, 3.63) is 34.4 Å². The molecule has 0 bridgehead atoms. The minimum atomic E-state index is -5.59. The molecule has 1 saturated carbocycles. The lowest BCUT2D eigenvalue weighted by Gasteiger charge is -2.24. The van der Waals surface area contributed by atoms with E-state index in [9.17, 15) is 39.5 Å². The van der Waals surface area contributed by atoms with Crippen molar-refractivity contribution in [1.82, 2.24) is 0 Å². The van der Waals surface area contributed by atoms with Crippen LogP contribution in [0.4, 0.5) is 39.5 Å². The first-order valence-electron chi connectivity index (χ1n) is 6.38. The van der Waals surface area contributed by atoms with Gasteiger partial charge in [0.05, 0.1) is 16.7 Å². The Kier molecular flexibility index (Phi) is 4.11. The van der Waals surface area contributed by atoms with E-state index in [0.717, 1.165) is 0 Å². The summed E-state index contributed by atoms with van der Waals surface area (Å²) in [5.41, 5.74) is -1.99. The van der Waals surface area contributed by atoms with Crippen LogP contribution < -0.4 is 5.73 Å². The van der Waals surface area contributed by atoms with Crippen molar-refractivity contribution in [2.45, 2.75) is 37.4 Å². The number of halogens is 9. The minimum Gasteiger partial charge on any atom is -0.324 e. The van der Waals surface area contributed by atoms with Crippen molar-refractivity contribution in [2.24, 2.45) is 11.7 Å². The second kappa shape index (κ2) is 5.29. The Balaban J connectivity index is 2.79. The van der Waals surface area contributed by atoms with E-state index in [1.54, 1.807) is 0 Å². The molecule has 1 aromatic carbocycles. The van der Waals surface area contributed by atoms with Gasteiger partial charge in [0.25, 0.3) is 0 Å². The van der Waals surface area contributed by atoms with Crippen LogP contribution in [0.2, 0.25) is 0 Å². The summed E-state index contributed by atoms with van der Waals surface area (Å²) in [5, 5.41) is 0. The van der Waals surface area contributed by atoms with Crippen LogP contribution in [-0.2, 0) is 18.5 Å². The summed E-state index contributed by atoms with van der Waals surface area (Å²) < 4.78 is 116. The highest BCUT2D eigenvalue weighted by molar-refractivity contribution is 5.45. The fourth-order valence-electron chi connectivity index (χ4n) is 2.34. The summed E-state index contributed by atoms with van der Waals surface area (Å²) in [4.78, 5) is 0. The van der Waals surface area contributed by atoms with E-state index in [1.165, 1.54) is 0 Å². The Morgan fingerprint density at radius 3 is 1.70 bits per heavy atom. The van der Waals surface area contributed by atoms with Gasteiger partial charge in [0, 0.05) is 6.04 Å². The number of hydrogen-bond donors (Lipinski definition) is 1. The first-order chi connectivity index (χ1) is 10.2. The van der Waals surface area contributed by atoms with E-state index in [2.05, 4.69) is 0 Å². The molecule has 1 unspecified atom stereocenters. The Morgan fingerprint density at radius 1 is 0.826 bits per heavy atom. The lowest BCUT2D eigenvalue weighted by molar-refractivity contribution is -0.164. The zero-order valence-electron chi connectivity index (χ0n) is 11.2. The number of benzene rings is 1. The van der Waals surface area contributed by atoms with Crippen LogP contribution in [0.5, 0.6) is 0 Å². The van der Waals surface area contributed by atoms with Crippen LogP contribution in [0, 0.1) is 5.92 Å². The van der Waals surface area contributed by atoms with Gasteiger partial charge in [0.1, 0.15) is 0 Å². The van der Waals surface area contributed by atoms with Crippen LogP contribution in [0.3, 0.4) is 0 Å². The summed E-state index contributed by atoms with van der Waals surface area (Å²) >= 11 is 0. The maximum absolute atomic E-state index is 13.1. The van der Waals surface area contributed by atoms with Crippen LogP contribution in [0.1, 0.15) is 41.1 Å². The fraction of sp³-hybridized carbons (Fsp3) is 0.538. The van der Waals surface area contributed by atoms with Crippen molar-refractivity contribution >= 4 is 0 Å². The molecule has 10 heteroatoms. The van der Waals surface area contributed by atoms with Gasteiger partial charge in [0.15, 0.2) is 0 Å². The number of rotatable bonds is 2. The SMILES string of the molecule is NC(c1cc(C(F)(F)F)cc(C(F)(F)F)c1C(F)(F)F)C1CC1. The molecule has 2 rings (SSSR count). The maximum Gasteiger partial charge on any atom is 0.417 e. The van der Waals surface area contributed by atoms with E-state index in [0.29, 0.717) is 12.8 Å². The van der Waals surface area contributed by atoms with E-state index < -0.39 is 58.8 Å². The second-order valence-electron chi connectivity index (χ2n) is 5.34. The molecule has 1 aromatic rings. The zero-order valence-corrected chi connectivity index (χ0v) is 11.2. The normalized spacial score (nSPS) is 18.2. The average molecular weight is 351 g/mol. The Bertz CT molecular complexity index is 593. The van der Waals surface area contributed by atoms with Gasteiger partial charge in [-0.3, -0.25) is 0 Å². The molecule has 0 spiro atoms. The third-order valence-electron chi connectivity index (χ3n) is 3.57. The number of alkyl halides is 9. The van der Waals surface area contributed by atoms with Gasteiger partial charge < -0.3 is 5.73 Å². The third kappa shape index (κ3) is 3.73. The molecule has 0 heterocycles. The third-order valence-corrected chi connectivity index (χ3v) is 3.57. The molecule has 1 atom stereocenters. The molecule has 1 fully saturated rings. The second-order valence-corrected chi connectivity index (χ2v) is 5.34. The number of hydrogen-bond acceptors (Lipinski definition) is 1. The van der Waals surface area contributed by atoms with E-state index in [-0.39, 0.29) is 6.07 Å². The topological polar surface area (TPSA) is 26.0 Å².